The lowest BCUT2D eigenvalue weighted by Crippen LogP contribution is -1.99. The maximum absolute atomic E-state index is 11.2. The van der Waals surface area contributed by atoms with E-state index in [9.17, 15) is 10.1 Å². The average Bonchev–Trinajstić information content (AvgIpc) is 2.46. The molecule has 0 saturated carbocycles. The number of aliphatic hydroxyl groups is 1. The van der Waals surface area contributed by atoms with Crippen molar-refractivity contribution in [1.82, 2.24) is 0 Å². The Morgan fingerprint density at radius 1 is 1.30 bits per heavy atom. The van der Waals surface area contributed by atoms with Crippen molar-refractivity contribution in [2.24, 2.45) is 0 Å². The van der Waals surface area contributed by atoms with Crippen LogP contribution in [0, 0.1) is 10.1 Å². The van der Waals surface area contributed by atoms with Crippen molar-refractivity contribution in [3.63, 3.8) is 0 Å². The van der Waals surface area contributed by atoms with E-state index in [4.69, 9.17) is 9.84 Å². The van der Waals surface area contributed by atoms with Gasteiger partial charge in [0.2, 0.25) is 5.75 Å². The Morgan fingerprint density at radius 3 is 2.70 bits per heavy atom. The number of para-hydroxylation sites is 1. The van der Waals surface area contributed by atoms with E-state index in [1.54, 1.807) is 43.4 Å². The molecule has 0 aliphatic heterocycles. The molecule has 0 radical (unpaired) electrons. The maximum atomic E-state index is 11.2. The second kappa shape index (κ2) is 6.03. The molecule has 0 fully saturated rings. The van der Waals surface area contributed by atoms with Crippen molar-refractivity contribution in [2.75, 3.05) is 12.4 Å². The fourth-order valence-corrected chi connectivity index (χ4v) is 1.83. The van der Waals surface area contributed by atoms with Crippen LogP contribution in [-0.4, -0.2) is 17.1 Å². The van der Waals surface area contributed by atoms with Gasteiger partial charge in [-0.2, -0.15) is 0 Å². The summed E-state index contributed by atoms with van der Waals surface area (Å²) in [5.41, 5.74) is 0.935. The zero-order valence-corrected chi connectivity index (χ0v) is 10.9. The van der Waals surface area contributed by atoms with Gasteiger partial charge >= 0.3 is 5.69 Å². The van der Waals surface area contributed by atoms with Crippen LogP contribution in [-0.2, 0) is 6.61 Å². The van der Waals surface area contributed by atoms with E-state index >= 15 is 0 Å². The number of benzene rings is 2. The third-order valence-corrected chi connectivity index (χ3v) is 2.76. The van der Waals surface area contributed by atoms with Crippen LogP contribution in [0.5, 0.6) is 11.5 Å². The van der Waals surface area contributed by atoms with Gasteiger partial charge in [0.1, 0.15) is 11.4 Å². The van der Waals surface area contributed by atoms with Gasteiger partial charge in [-0.25, -0.2) is 0 Å². The Bertz CT molecular complexity index is 628. The quantitative estimate of drug-likeness (QED) is 0.646. The fourth-order valence-electron chi connectivity index (χ4n) is 1.83. The minimum absolute atomic E-state index is 0.115. The molecule has 2 aromatic rings. The van der Waals surface area contributed by atoms with Crippen LogP contribution in [0.2, 0.25) is 0 Å². The molecule has 0 aromatic heterocycles. The number of ether oxygens (including phenoxy) is 1. The van der Waals surface area contributed by atoms with Crippen LogP contribution in [0.25, 0.3) is 0 Å². The molecule has 0 saturated heterocycles. The highest BCUT2D eigenvalue weighted by molar-refractivity contribution is 5.68. The smallest absolute Gasteiger partial charge is 0.334 e. The van der Waals surface area contributed by atoms with Crippen LogP contribution in [0.15, 0.2) is 42.5 Å². The second-order valence-corrected chi connectivity index (χ2v) is 4.07. The predicted molar refractivity (Wildman–Crippen MR) is 75.1 cm³/mol. The Hall–Kier alpha value is -2.60. The summed E-state index contributed by atoms with van der Waals surface area (Å²) in [7, 11) is 1.61. The molecule has 0 unspecified atom stereocenters. The number of anilines is 1. The molecule has 6 heteroatoms. The first-order valence-corrected chi connectivity index (χ1v) is 5.98. The molecule has 0 heterocycles. The number of nitro benzene ring substituents is 1. The summed E-state index contributed by atoms with van der Waals surface area (Å²) in [6.45, 7) is -0.115. The highest BCUT2D eigenvalue weighted by Gasteiger charge is 2.20. The molecule has 20 heavy (non-hydrogen) atoms. The highest BCUT2D eigenvalue weighted by Crippen LogP contribution is 2.37. The number of hydrogen-bond donors (Lipinski definition) is 2. The third-order valence-electron chi connectivity index (χ3n) is 2.76. The van der Waals surface area contributed by atoms with E-state index in [1.165, 1.54) is 6.07 Å². The number of aliphatic hydroxyl groups excluding tert-OH is 1. The SMILES string of the molecule is CNc1cccc(Oc2cccc(CO)c2)c1[N+](=O)[O-]. The third kappa shape index (κ3) is 2.86. The number of hydrogen-bond acceptors (Lipinski definition) is 5. The Morgan fingerprint density at radius 2 is 2.05 bits per heavy atom. The Kier molecular flexibility index (Phi) is 4.17. The van der Waals surface area contributed by atoms with Crippen LogP contribution in [0.3, 0.4) is 0 Å². The van der Waals surface area contributed by atoms with Gasteiger partial charge in [-0.1, -0.05) is 18.2 Å². The number of nitrogens with zero attached hydrogens (tertiary/aromatic N) is 1. The van der Waals surface area contributed by atoms with Crippen molar-refractivity contribution in [3.8, 4) is 11.5 Å². The van der Waals surface area contributed by atoms with Gasteiger partial charge < -0.3 is 15.2 Å². The predicted octanol–water partition coefficient (Wildman–Crippen LogP) is 2.92. The van der Waals surface area contributed by atoms with E-state index in [-0.39, 0.29) is 18.0 Å². The molecule has 104 valence electrons. The lowest BCUT2D eigenvalue weighted by molar-refractivity contribution is -0.384. The number of nitro groups is 1. The molecule has 2 aromatic carbocycles. The molecule has 0 spiro atoms. The van der Waals surface area contributed by atoms with Crippen molar-refractivity contribution < 1.29 is 14.8 Å². The zero-order valence-electron chi connectivity index (χ0n) is 10.9. The van der Waals surface area contributed by atoms with E-state index in [2.05, 4.69) is 5.32 Å². The molecule has 6 nitrogen and oxygen atoms in total. The molecule has 0 amide bonds. The van der Waals surface area contributed by atoms with Gasteiger partial charge in [0.05, 0.1) is 11.5 Å². The maximum Gasteiger partial charge on any atom is 0.334 e. The Labute approximate surface area is 115 Å². The first-order valence-electron chi connectivity index (χ1n) is 5.98. The second-order valence-electron chi connectivity index (χ2n) is 4.07. The van der Waals surface area contributed by atoms with Gasteiger partial charge in [0.15, 0.2) is 0 Å². The summed E-state index contributed by atoms with van der Waals surface area (Å²) in [5.74, 6) is 0.588. The summed E-state index contributed by atoms with van der Waals surface area (Å²) >= 11 is 0. The number of nitrogens with one attached hydrogen (secondary N) is 1. The van der Waals surface area contributed by atoms with Crippen molar-refractivity contribution in [1.29, 1.82) is 0 Å². The fraction of sp³-hybridized carbons (Fsp3) is 0.143. The number of rotatable bonds is 5. The zero-order chi connectivity index (χ0) is 14.5. The molecule has 0 atom stereocenters. The van der Waals surface area contributed by atoms with Gasteiger partial charge in [-0.3, -0.25) is 10.1 Å². The summed E-state index contributed by atoms with van der Waals surface area (Å²) in [4.78, 5) is 10.7. The first-order chi connectivity index (χ1) is 9.65. The molecule has 2 rings (SSSR count). The minimum Gasteiger partial charge on any atom is -0.450 e. The normalized spacial score (nSPS) is 10.1. The Balaban J connectivity index is 2.40. The molecule has 0 aliphatic rings. The molecule has 0 bridgehead atoms. The standard InChI is InChI=1S/C14H14N2O4/c1-15-12-6-3-7-13(14(12)16(18)19)20-11-5-2-4-10(8-11)9-17/h2-8,15,17H,9H2,1H3. The van der Waals surface area contributed by atoms with Gasteiger partial charge in [0, 0.05) is 7.05 Å². The summed E-state index contributed by atoms with van der Waals surface area (Å²) in [6.07, 6.45) is 0. The van der Waals surface area contributed by atoms with Crippen LogP contribution in [0.4, 0.5) is 11.4 Å². The largest absolute Gasteiger partial charge is 0.450 e. The van der Waals surface area contributed by atoms with E-state index < -0.39 is 4.92 Å². The van der Waals surface area contributed by atoms with E-state index in [1.807, 2.05) is 0 Å². The van der Waals surface area contributed by atoms with Gasteiger partial charge in [0.25, 0.3) is 0 Å². The van der Waals surface area contributed by atoms with Crippen LogP contribution in [0.1, 0.15) is 5.56 Å². The lowest BCUT2D eigenvalue weighted by atomic mass is 10.2. The minimum atomic E-state index is -0.489. The van der Waals surface area contributed by atoms with Gasteiger partial charge in [-0.15, -0.1) is 0 Å². The highest BCUT2D eigenvalue weighted by atomic mass is 16.6. The topological polar surface area (TPSA) is 84.6 Å². The van der Waals surface area contributed by atoms with Crippen molar-refractivity contribution >= 4 is 11.4 Å². The molecule has 0 aliphatic carbocycles. The van der Waals surface area contributed by atoms with Crippen molar-refractivity contribution in [2.45, 2.75) is 6.61 Å². The monoisotopic (exact) mass is 274 g/mol. The lowest BCUT2D eigenvalue weighted by Gasteiger charge is -2.09. The van der Waals surface area contributed by atoms with Crippen LogP contribution >= 0.6 is 0 Å². The summed E-state index contributed by atoms with van der Waals surface area (Å²) in [6, 6.07) is 11.6. The molecular formula is C14H14N2O4. The van der Waals surface area contributed by atoms with Crippen molar-refractivity contribution in [3.05, 3.63) is 58.1 Å². The molecular weight excluding hydrogens is 260 g/mol. The van der Waals surface area contributed by atoms with Crippen LogP contribution < -0.4 is 10.1 Å². The summed E-state index contributed by atoms with van der Waals surface area (Å²) < 4.78 is 5.56. The summed E-state index contributed by atoms with van der Waals surface area (Å²) in [5, 5.41) is 23.0. The average molecular weight is 274 g/mol. The van der Waals surface area contributed by atoms with E-state index in [0.717, 1.165) is 0 Å². The van der Waals surface area contributed by atoms with Gasteiger partial charge in [-0.05, 0) is 29.8 Å². The first kappa shape index (κ1) is 13.8. The van der Waals surface area contributed by atoms with E-state index in [0.29, 0.717) is 17.0 Å². The molecule has 2 N–H and O–H groups in total.